The molecule has 23 heavy (non-hydrogen) atoms. The van der Waals surface area contributed by atoms with Gasteiger partial charge in [0, 0.05) is 37.9 Å². The summed E-state index contributed by atoms with van der Waals surface area (Å²) >= 11 is 0. The predicted octanol–water partition coefficient (Wildman–Crippen LogP) is 1.53. The molecule has 0 fully saturated rings. The number of rotatable bonds is 6. The number of pyridine rings is 1. The van der Waals surface area contributed by atoms with Crippen LogP contribution in [-0.2, 0) is 6.54 Å². The van der Waals surface area contributed by atoms with Crippen molar-refractivity contribution < 1.29 is 4.79 Å². The van der Waals surface area contributed by atoms with Gasteiger partial charge in [0.15, 0.2) is 5.82 Å². The first-order valence-corrected chi connectivity index (χ1v) is 7.43. The van der Waals surface area contributed by atoms with E-state index < -0.39 is 0 Å². The molecule has 3 rings (SSSR count). The van der Waals surface area contributed by atoms with Gasteiger partial charge in [0.25, 0.3) is 5.91 Å². The van der Waals surface area contributed by atoms with Crippen LogP contribution in [0.2, 0.25) is 0 Å². The Morgan fingerprint density at radius 2 is 2.17 bits per heavy atom. The van der Waals surface area contributed by atoms with Crippen LogP contribution in [0.25, 0.3) is 5.82 Å². The fourth-order valence-electron chi connectivity index (χ4n) is 2.26. The lowest BCUT2D eigenvalue weighted by molar-refractivity contribution is 0.0942. The SMILES string of the molecule is C[C@H](CNC(=O)c1cccc(-n2cccn2)n1)Cn1ccnc1. The van der Waals surface area contributed by atoms with E-state index in [0.717, 1.165) is 6.54 Å². The molecule has 3 aromatic rings. The highest BCUT2D eigenvalue weighted by Crippen LogP contribution is 2.05. The van der Waals surface area contributed by atoms with E-state index in [4.69, 9.17) is 0 Å². The Morgan fingerprint density at radius 3 is 2.91 bits per heavy atom. The minimum absolute atomic E-state index is 0.184. The Balaban J connectivity index is 1.59. The van der Waals surface area contributed by atoms with Crippen molar-refractivity contribution in [2.24, 2.45) is 5.92 Å². The van der Waals surface area contributed by atoms with Crippen molar-refractivity contribution in [3.8, 4) is 5.82 Å². The second-order valence-electron chi connectivity index (χ2n) is 5.41. The van der Waals surface area contributed by atoms with E-state index >= 15 is 0 Å². The molecule has 1 N–H and O–H groups in total. The normalized spacial score (nSPS) is 12.0. The lowest BCUT2D eigenvalue weighted by Gasteiger charge is -2.13. The summed E-state index contributed by atoms with van der Waals surface area (Å²) in [5.41, 5.74) is 0.382. The zero-order valence-electron chi connectivity index (χ0n) is 12.8. The van der Waals surface area contributed by atoms with Crippen molar-refractivity contribution in [1.82, 2.24) is 29.6 Å². The summed E-state index contributed by atoms with van der Waals surface area (Å²) in [5, 5.41) is 7.04. The maximum Gasteiger partial charge on any atom is 0.269 e. The number of imidazole rings is 1. The molecular formula is C16H18N6O. The van der Waals surface area contributed by atoms with Gasteiger partial charge in [-0.25, -0.2) is 14.6 Å². The van der Waals surface area contributed by atoms with Gasteiger partial charge in [-0.05, 0) is 24.1 Å². The lowest BCUT2D eigenvalue weighted by Crippen LogP contribution is -2.30. The number of nitrogens with zero attached hydrogens (tertiary/aromatic N) is 5. The van der Waals surface area contributed by atoms with Gasteiger partial charge in [-0.2, -0.15) is 5.10 Å². The first-order chi connectivity index (χ1) is 11.2. The fraction of sp³-hybridized carbons (Fsp3) is 0.250. The first-order valence-electron chi connectivity index (χ1n) is 7.43. The van der Waals surface area contributed by atoms with Gasteiger partial charge < -0.3 is 9.88 Å². The van der Waals surface area contributed by atoms with Gasteiger partial charge in [-0.15, -0.1) is 0 Å². The van der Waals surface area contributed by atoms with E-state index in [-0.39, 0.29) is 5.91 Å². The van der Waals surface area contributed by atoms with Crippen LogP contribution in [-0.4, -0.2) is 36.8 Å². The minimum atomic E-state index is -0.184. The maximum absolute atomic E-state index is 12.3. The predicted molar refractivity (Wildman–Crippen MR) is 85.1 cm³/mol. The molecule has 0 spiro atoms. The van der Waals surface area contributed by atoms with Crippen molar-refractivity contribution in [3.63, 3.8) is 0 Å². The van der Waals surface area contributed by atoms with E-state index in [2.05, 4.69) is 27.3 Å². The second kappa shape index (κ2) is 6.87. The third-order valence-corrected chi connectivity index (χ3v) is 3.40. The molecule has 1 atom stereocenters. The number of hydrogen-bond donors (Lipinski definition) is 1. The number of aromatic nitrogens is 5. The lowest BCUT2D eigenvalue weighted by atomic mass is 10.2. The van der Waals surface area contributed by atoms with Gasteiger partial charge >= 0.3 is 0 Å². The molecule has 0 saturated heterocycles. The smallest absolute Gasteiger partial charge is 0.269 e. The first kappa shape index (κ1) is 15.0. The molecule has 7 nitrogen and oxygen atoms in total. The Morgan fingerprint density at radius 1 is 1.26 bits per heavy atom. The molecule has 0 aliphatic heterocycles. The number of amides is 1. The molecule has 3 heterocycles. The average molecular weight is 310 g/mol. The van der Waals surface area contributed by atoms with Crippen molar-refractivity contribution in [1.29, 1.82) is 0 Å². The van der Waals surface area contributed by atoms with Crippen LogP contribution in [0.5, 0.6) is 0 Å². The van der Waals surface area contributed by atoms with E-state index in [0.29, 0.717) is 24.0 Å². The fourth-order valence-corrected chi connectivity index (χ4v) is 2.26. The Labute approximate surface area is 134 Å². The van der Waals surface area contributed by atoms with Crippen LogP contribution in [0.15, 0.2) is 55.4 Å². The molecule has 0 aliphatic rings. The second-order valence-corrected chi connectivity index (χ2v) is 5.41. The van der Waals surface area contributed by atoms with Gasteiger partial charge in [0.05, 0.1) is 6.33 Å². The van der Waals surface area contributed by atoms with Crippen LogP contribution >= 0.6 is 0 Å². The van der Waals surface area contributed by atoms with Crippen LogP contribution in [0.4, 0.5) is 0 Å². The Bertz CT molecular complexity index is 751. The van der Waals surface area contributed by atoms with Gasteiger partial charge in [-0.3, -0.25) is 4.79 Å². The topological polar surface area (TPSA) is 77.6 Å². The van der Waals surface area contributed by atoms with Crippen LogP contribution in [0.1, 0.15) is 17.4 Å². The van der Waals surface area contributed by atoms with E-state index in [1.54, 1.807) is 41.7 Å². The van der Waals surface area contributed by atoms with Crippen molar-refractivity contribution in [2.45, 2.75) is 13.5 Å². The highest BCUT2D eigenvalue weighted by atomic mass is 16.1. The maximum atomic E-state index is 12.3. The third kappa shape index (κ3) is 3.82. The van der Waals surface area contributed by atoms with Crippen LogP contribution < -0.4 is 5.32 Å². The standard InChI is InChI=1S/C16H18N6O/c1-13(11-21-9-7-17-12-21)10-18-16(23)14-4-2-5-15(20-14)22-8-3-6-19-22/h2-9,12-13H,10-11H2,1H3,(H,18,23)/t13-/m1/s1. The number of hydrogen-bond acceptors (Lipinski definition) is 4. The molecule has 3 aromatic heterocycles. The molecule has 0 radical (unpaired) electrons. The van der Waals surface area contributed by atoms with Gasteiger partial charge in [0.2, 0.25) is 0 Å². The molecule has 118 valence electrons. The van der Waals surface area contributed by atoms with Crippen molar-refractivity contribution >= 4 is 5.91 Å². The zero-order valence-corrected chi connectivity index (χ0v) is 12.8. The largest absolute Gasteiger partial charge is 0.350 e. The minimum Gasteiger partial charge on any atom is -0.350 e. The molecule has 7 heteroatoms. The summed E-state index contributed by atoms with van der Waals surface area (Å²) in [4.78, 5) is 20.6. The van der Waals surface area contributed by atoms with E-state index in [9.17, 15) is 4.79 Å². The van der Waals surface area contributed by atoms with Crippen molar-refractivity contribution in [2.75, 3.05) is 6.54 Å². The summed E-state index contributed by atoms with van der Waals surface area (Å²) in [6.45, 7) is 3.46. The molecule has 0 aromatic carbocycles. The zero-order chi connectivity index (χ0) is 16.1. The third-order valence-electron chi connectivity index (χ3n) is 3.40. The monoisotopic (exact) mass is 310 g/mol. The highest BCUT2D eigenvalue weighted by molar-refractivity contribution is 5.92. The van der Waals surface area contributed by atoms with E-state index in [1.165, 1.54) is 0 Å². The van der Waals surface area contributed by atoms with Crippen LogP contribution in [0.3, 0.4) is 0 Å². The summed E-state index contributed by atoms with van der Waals surface area (Å²) < 4.78 is 3.62. The number of carbonyl (C=O) groups is 1. The Hall–Kier alpha value is -2.96. The quantitative estimate of drug-likeness (QED) is 0.749. The van der Waals surface area contributed by atoms with Gasteiger partial charge in [-0.1, -0.05) is 13.0 Å². The average Bonchev–Trinajstić information content (AvgIpc) is 3.26. The molecular weight excluding hydrogens is 292 g/mol. The summed E-state index contributed by atoms with van der Waals surface area (Å²) in [7, 11) is 0. The van der Waals surface area contributed by atoms with Gasteiger partial charge in [0.1, 0.15) is 5.69 Å². The number of nitrogens with one attached hydrogen (secondary N) is 1. The van der Waals surface area contributed by atoms with E-state index in [1.807, 2.05) is 22.9 Å². The molecule has 0 saturated carbocycles. The summed E-state index contributed by atoms with van der Waals surface area (Å²) in [6.07, 6.45) is 8.89. The molecule has 1 amide bonds. The molecule has 0 aliphatic carbocycles. The number of carbonyl (C=O) groups excluding carboxylic acids is 1. The Kier molecular flexibility index (Phi) is 4.46. The molecule has 0 bridgehead atoms. The summed E-state index contributed by atoms with van der Waals surface area (Å²) in [5.74, 6) is 0.730. The van der Waals surface area contributed by atoms with Crippen LogP contribution in [0, 0.1) is 5.92 Å². The highest BCUT2D eigenvalue weighted by Gasteiger charge is 2.11. The summed E-state index contributed by atoms with van der Waals surface area (Å²) in [6, 6.07) is 7.12. The molecule has 0 unspecified atom stereocenters. The van der Waals surface area contributed by atoms with Crippen molar-refractivity contribution in [3.05, 3.63) is 61.1 Å².